The minimum absolute atomic E-state index is 0.0246. The molecule has 206 valence electrons. The summed E-state index contributed by atoms with van der Waals surface area (Å²) in [4.78, 5) is 21.9. The van der Waals surface area contributed by atoms with E-state index in [-0.39, 0.29) is 29.8 Å². The van der Waals surface area contributed by atoms with Crippen LogP contribution in [0, 0.1) is 16.7 Å². The first-order valence-corrected chi connectivity index (χ1v) is 13.8. The first-order valence-electron chi connectivity index (χ1n) is 13.8. The van der Waals surface area contributed by atoms with E-state index in [1.807, 2.05) is 6.92 Å². The fraction of sp³-hybridized carbons (Fsp3) is 0.724. The van der Waals surface area contributed by atoms with Crippen molar-refractivity contribution in [3.8, 4) is 0 Å². The molecular weight excluding hydrogens is 477 g/mol. The fourth-order valence-corrected chi connectivity index (χ4v) is 6.38. The molecule has 3 atom stereocenters. The van der Waals surface area contributed by atoms with Crippen molar-refractivity contribution in [3.63, 3.8) is 0 Å². The monoisotopic (exact) mass is 520 g/mol. The summed E-state index contributed by atoms with van der Waals surface area (Å²) >= 11 is 0. The summed E-state index contributed by atoms with van der Waals surface area (Å²) in [6.07, 6.45) is 9.72. The Morgan fingerprint density at radius 1 is 1.16 bits per heavy atom. The zero-order valence-corrected chi connectivity index (χ0v) is 22.8. The lowest BCUT2D eigenvalue weighted by Crippen LogP contribution is -2.64. The van der Waals surface area contributed by atoms with Crippen LogP contribution in [0.2, 0.25) is 0 Å². The van der Waals surface area contributed by atoms with E-state index < -0.39 is 17.3 Å². The molecule has 2 saturated heterocycles. The molecule has 4 aliphatic rings. The Hall–Kier alpha value is -1.93. The summed E-state index contributed by atoms with van der Waals surface area (Å²) < 4.78 is 40.0. The summed E-state index contributed by atoms with van der Waals surface area (Å²) in [6, 6.07) is -0.0816. The van der Waals surface area contributed by atoms with Gasteiger partial charge in [-0.15, -0.1) is 0 Å². The van der Waals surface area contributed by atoms with E-state index >= 15 is 0 Å². The zero-order valence-electron chi connectivity index (χ0n) is 22.8. The van der Waals surface area contributed by atoms with Crippen LogP contribution in [0.15, 0.2) is 40.6 Å². The molecule has 1 aliphatic carbocycles. The number of nitrogens with one attached hydrogen (secondary N) is 1. The first-order chi connectivity index (χ1) is 17.4. The van der Waals surface area contributed by atoms with E-state index in [0.717, 1.165) is 44.3 Å². The van der Waals surface area contributed by atoms with E-state index in [2.05, 4.69) is 59.1 Å². The molecule has 1 amide bonds. The van der Waals surface area contributed by atoms with Gasteiger partial charge in [0.25, 0.3) is 0 Å². The summed E-state index contributed by atoms with van der Waals surface area (Å²) in [5, 5.41) is 3.38. The number of amides is 1. The van der Waals surface area contributed by atoms with Gasteiger partial charge in [-0.1, -0.05) is 52.0 Å². The number of alkyl halides is 3. The van der Waals surface area contributed by atoms with E-state index in [1.165, 1.54) is 12.3 Å². The molecule has 0 aromatic carbocycles. The van der Waals surface area contributed by atoms with Crippen LogP contribution in [0.25, 0.3) is 0 Å². The number of allylic oxidation sites excluding steroid dienone is 4. The number of nitrogens with zero attached hydrogens (tertiary/aromatic N) is 3. The SMILES string of the molecule is CC1(C(C2=CCCC=C2)N2CCN(C(=O)CC3CCNCC3)[C@@H](C(C)(C)C)C2)C=NC(C(F)(F)F)=CC1. The van der Waals surface area contributed by atoms with Crippen molar-refractivity contribution in [3.05, 3.63) is 35.6 Å². The number of piperazine rings is 1. The second-order valence-corrected chi connectivity index (χ2v) is 12.5. The first kappa shape index (κ1) is 28.1. The highest BCUT2D eigenvalue weighted by Gasteiger charge is 2.46. The molecule has 1 N–H and O–H groups in total. The molecule has 3 heterocycles. The van der Waals surface area contributed by atoms with Gasteiger partial charge in [-0.3, -0.25) is 14.7 Å². The van der Waals surface area contributed by atoms with Gasteiger partial charge in [0.1, 0.15) is 5.70 Å². The van der Waals surface area contributed by atoms with Crippen molar-refractivity contribution in [1.82, 2.24) is 15.1 Å². The van der Waals surface area contributed by atoms with E-state index in [9.17, 15) is 18.0 Å². The summed E-state index contributed by atoms with van der Waals surface area (Å²) in [7, 11) is 0. The van der Waals surface area contributed by atoms with Crippen molar-refractivity contribution < 1.29 is 18.0 Å². The number of carbonyl (C=O) groups excluding carboxylic acids is 1. The molecule has 0 spiro atoms. The Bertz CT molecular complexity index is 955. The average molecular weight is 521 g/mol. The second kappa shape index (κ2) is 11.0. The number of aliphatic imine (C=N–C) groups is 1. The lowest BCUT2D eigenvalue weighted by Gasteiger charge is -2.53. The molecule has 0 saturated carbocycles. The van der Waals surface area contributed by atoms with Gasteiger partial charge in [-0.2, -0.15) is 13.2 Å². The number of piperidine rings is 1. The molecule has 37 heavy (non-hydrogen) atoms. The van der Waals surface area contributed by atoms with Crippen LogP contribution in [0.5, 0.6) is 0 Å². The minimum Gasteiger partial charge on any atom is -0.337 e. The summed E-state index contributed by atoms with van der Waals surface area (Å²) in [5.41, 5.74) is -0.371. The maximum Gasteiger partial charge on any atom is 0.432 e. The highest BCUT2D eigenvalue weighted by Crippen LogP contribution is 2.42. The Balaban J connectivity index is 1.58. The highest BCUT2D eigenvalue weighted by atomic mass is 19.4. The third kappa shape index (κ3) is 6.56. The smallest absolute Gasteiger partial charge is 0.337 e. The molecule has 4 rings (SSSR count). The topological polar surface area (TPSA) is 47.9 Å². The van der Waals surface area contributed by atoms with Gasteiger partial charge in [0.15, 0.2) is 0 Å². The van der Waals surface area contributed by atoms with Crippen LogP contribution in [-0.4, -0.2) is 72.9 Å². The molecule has 0 aromatic rings. The van der Waals surface area contributed by atoms with Gasteiger partial charge in [-0.05, 0) is 62.1 Å². The van der Waals surface area contributed by atoms with Gasteiger partial charge in [-0.25, -0.2) is 0 Å². The van der Waals surface area contributed by atoms with Crippen molar-refractivity contribution >= 4 is 12.1 Å². The largest absolute Gasteiger partial charge is 0.432 e. The molecular formula is C29H43F3N4O. The van der Waals surface area contributed by atoms with E-state index in [1.54, 1.807) is 0 Å². The van der Waals surface area contributed by atoms with Gasteiger partial charge in [0, 0.05) is 49.8 Å². The Morgan fingerprint density at radius 3 is 2.46 bits per heavy atom. The molecule has 0 radical (unpaired) electrons. The van der Waals surface area contributed by atoms with Crippen molar-refractivity contribution in [1.29, 1.82) is 0 Å². The Labute approximate surface area is 219 Å². The van der Waals surface area contributed by atoms with Crippen LogP contribution < -0.4 is 5.32 Å². The third-order valence-corrected chi connectivity index (χ3v) is 8.51. The van der Waals surface area contributed by atoms with Crippen molar-refractivity contribution in [2.24, 2.45) is 21.7 Å². The van der Waals surface area contributed by atoms with Gasteiger partial charge < -0.3 is 10.2 Å². The zero-order chi connectivity index (χ0) is 26.8. The van der Waals surface area contributed by atoms with E-state index in [4.69, 9.17) is 0 Å². The highest BCUT2D eigenvalue weighted by molar-refractivity contribution is 5.77. The quantitative estimate of drug-likeness (QED) is 0.520. The summed E-state index contributed by atoms with van der Waals surface area (Å²) in [5.74, 6) is 0.674. The van der Waals surface area contributed by atoms with Crippen LogP contribution in [-0.2, 0) is 4.79 Å². The Morgan fingerprint density at radius 2 is 1.89 bits per heavy atom. The number of carbonyl (C=O) groups is 1. The third-order valence-electron chi connectivity index (χ3n) is 8.51. The number of rotatable bonds is 5. The predicted molar refractivity (Wildman–Crippen MR) is 142 cm³/mol. The van der Waals surface area contributed by atoms with Crippen molar-refractivity contribution in [2.45, 2.75) is 84.5 Å². The number of hydrogen-bond donors (Lipinski definition) is 1. The average Bonchev–Trinajstić information content (AvgIpc) is 2.84. The van der Waals surface area contributed by atoms with Gasteiger partial charge >= 0.3 is 6.18 Å². The molecule has 5 nitrogen and oxygen atoms in total. The molecule has 8 heteroatoms. The van der Waals surface area contributed by atoms with Crippen LogP contribution in [0.1, 0.15) is 66.2 Å². The van der Waals surface area contributed by atoms with Crippen LogP contribution in [0.4, 0.5) is 13.2 Å². The van der Waals surface area contributed by atoms with Crippen LogP contribution in [0.3, 0.4) is 0 Å². The number of halogens is 3. The molecule has 0 aromatic heterocycles. The lowest BCUT2D eigenvalue weighted by molar-refractivity contribution is -0.141. The maximum absolute atomic E-state index is 13.5. The fourth-order valence-electron chi connectivity index (χ4n) is 6.38. The standard InChI is InChI=1S/C29H43F3N4O/c1-27(2,3)24-19-35(16-17-36(24)25(37)18-21-11-14-33-15-12-21)26(22-8-6-5-7-9-22)28(4)13-10-23(34-20-28)29(30,31)32/h6,8-10,20-21,24,26,33H,5,7,11-19H2,1-4H3/t24-,26?,28?/m1/s1. The Kier molecular flexibility index (Phi) is 8.39. The normalized spacial score (nSPS) is 29.2. The lowest BCUT2D eigenvalue weighted by atomic mass is 9.72. The van der Waals surface area contributed by atoms with E-state index in [0.29, 0.717) is 32.0 Å². The predicted octanol–water partition coefficient (Wildman–Crippen LogP) is 5.51. The van der Waals surface area contributed by atoms with Gasteiger partial charge in [0.2, 0.25) is 5.91 Å². The molecule has 3 aliphatic heterocycles. The maximum atomic E-state index is 13.5. The minimum atomic E-state index is -4.44. The van der Waals surface area contributed by atoms with Crippen LogP contribution >= 0.6 is 0 Å². The number of hydrogen-bond acceptors (Lipinski definition) is 4. The molecule has 2 unspecified atom stereocenters. The molecule has 0 bridgehead atoms. The molecule has 2 fully saturated rings. The van der Waals surface area contributed by atoms with Crippen molar-refractivity contribution in [2.75, 3.05) is 32.7 Å². The second-order valence-electron chi connectivity index (χ2n) is 12.5. The summed E-state index contributed by atoms with van der Waals surface area (Å²) in [6.45, 7) is 12.5. The van der Waals surface area contributed by atoms with Gasteiger partial charge in [0.05, 0.1) is 0 Å².